The number of phenolic OH excluding ortho intramolecular Hbond substituents is 2. The molecule has 3 heterocycles. The lowest BCUT2D eigenvalue weighted by atomic mass is 9.98. The standard InChI is InChI=1S/C27H22N4O4/c1-29-24-21(26(34)30(2)27(29)35)23(15-8-4-3-5-9-15)31-19-11-7-6-10-18(19)28-22(25(24)31)17-13-12-16(32)14-20(17)33/h3-14,22,28,32-33H,1-2H3/t22-/m1/s1. The maximum absolute atomic E-state index is 13.6. The number of phenols is 2. The van der Waals surface area contributed by atoms with Gasteiger partial charge in [-0.15, -0.1) is 0 Å². The number of aromatic nitrogens is 3. The number of nitrogens with one attached hydrogen (secondary N) is 1. The molecule has 0 fully saturated rings. The van der Waals surface area contributed by atoms with Crippen LogP contribution in [0.1, 0.15) is 17.3 Å². The van der Waals surface area contributed by atoms with Crippen molar-refractivity contribution in [3.63, 3.8) is 0 Å². The van der Waals surface area contributed by atoms with E-state index in [2.05, 4.69) is 5.32 Å². The first-order valence-electron chi connectivity index (χ1n) is 11.2. The maximum Gasteiger partial charge on any atom is 0.331 e. The number of hydrogen-bond donors (Lipinski definition) is 3. The Kier molecular flexibility index (Phi) is 4.41. The van der Waals surface area contributed by atoms with Crippen LogP contribution in [0.15, 0.2) is 82.4 Å². The van der Waals surface area contributed by atoms with Crippen molar-refractivity contribution in [3.8, 4) is 28.4 Å². The highest BCUT2D eigenvalue weighted by Gasteiger charge is 2.35. The van der Waals surface area contributed by atoms with Crippen molar-refractivity contribution < 1.29 is 10.2 Å². The van der Waals surface area contributed by atoms with Gasteiger partial charge in [-0.3, -0.25) is 13.9 Å². The van der Waals surface area contributed by atoms with Crippen LogP contribution in [0.5, 0.6) is 11.5 Å². The molecule has 174 valence electrons. The van der Waals surface area contributed by atoms with Gasteiger partial charge in [0.15, 0.2) is 0 Å². The molecule has 1 atom stereocenters. The van der Waals surface area contributed by atoms with Crippen LogP contribution in [0.25, 0.3) is 27.8 Å². The third kappa shape index (κ3) is 2.86. The van der Waals surface area contributed by atoms with E-state index in [-0.39, 0.29) is 11.5 Å². The quantitative estimate of drug-likeness (QED) is 0.369. The van der Waals surface area contributed by atoms with E-state index in [9.17, 15) is 19.8 Å². The van der Waals surface area contributed by atoms with E-state index in [1.165, 1.54) is 23.7 Å². The molecule has 0 saturated heterocycles. The SMILES string of the molecule is Cn1c(=O)c2c(-c3ccccc3)n3c(c2n(C)c1=O)[C@@H](c1ccc(O)cc1O)Nc1ccccc1-3. The minimum atomic E-state index is -0.608. The van der Waals surface area contributed by atoms with Crippen molar-refractivity contribution in [2.75, 3.05) is 5.32 Å². The van der Waals surface area contributed by atoms with Crippen molar-refractivity contribution in [3.05, 3.63) is 105 Å². The Bertz CT molecular complexity index is 1760. The smallest absolute Gasteiger partial charge is 0.331 e. The molecule has 0 unspecified atom stereocenters. The van der Waals surface area contributed by atoms with Gasteiger partial charge in [0.1, 0.15) is 11.5 Å². The molecule has 3 aromatic carbocycles. The zero-order chi connectivity index (χ0) is 24.4. The van der Waals surface area contributed by atoms with Gasteiger partial charge in [-0.1, -0.05) is 42.5 Å². The summed E-state index contributed by atoms with van der Waals surface area (Å²) in [6, 6.07) is 21.1. The molecule has 1 aliphatic heterocycles. The second-order valence-corrected chi connectivity index (χ2v) is 8.70. The Morgan fingerprint density at radius 3 is 2.31 bits per heavy atom. The number of aryl methyl sites for hydroxylation is 1. The predicted molar refractivity (Wildman–Crippen MR) is 134 cm³/mol. The van der Waals surface area contributed by atoms with Gasteiger partial charge in [0.25, 0.3) is 5.56 Å². The van der Waals surface area contributed by atoms with Crippen molar-refractivity contribution in [1.82, 2.24) is 13.7 Å². The van der Waals surface area contributed by atoms with Crippen LogP contribution in [-0.2, 0) is 14.1 Å². The van der Waals surface area contributed by atoms with E-state index >= 15 is 0 Å². The van der Waals surface area contributed by atoms with E-state index < -0.39 is 17.3 Å². The molecule has 0 radical (unpaired) electrons. The summed E-state index contributed by atoms with van der Waals surface area (Å²) >= 11 is 0. The third-order valence-corrected chi connectivity index (χ3v) is 6.70. The molecule has 6 rings (SSSR count). The van der Waals surface area contributed by atoms with E-state index in [0.717, 1.165) is 21.5 Å². The van der Waals surface area contributed by atoms with Crippen LogP contribution in [0.2, 0.25) is 0 Å². The lowest BCUT2D eigenvalue weighted by Gasteiger charge is -2.31. The van der Waals surface area contributed by atoms with E-state index in [4.69, 9.17) is 0 Å². The topological polar surface area (TPSA) is 101 Å². The molecular formula is C27H22N4O4. The van der Waals surface area contributed by atoms with Gasteiger partial charge in [0, 0.05) is 25.7 Å². The summed E-state index contributed by atoms with van der Waals surface area (Å²) in [6.45, 7) is 0. The molecule has 8 heteroatoms. The van der Waals surface area contributed by atoms with Crippen molar-refractivity contribution >= 4 is 16.6 Å². The summed E-state index contributed by atoms with van der Waals surface area (Å²) in [5, 5.41) is 24.6. The minimum absolute atomic E-state index is 0.0612. The Morgan fingerprint density at radius 1 is 0.857 bits per heavy atom. The molecule has 8 nitrogen and oxygen atoms in total. The van der Waals surface area contributed by atoms with Crippen LogP contribution in [0, 0.1) is 0 Å². The molecule has 0 amide bonds. The largest absolute Gasteiger partial charge is 0.508 e. The monoisotopic (exact) mass is 466 g/mol. The second-order valence-electron chi connectivity index (χ2n) is 8.70. The summed E-state index contributed by atoms with van der Waals surface area (Å²) < 4.78 is 4.60. The molecule has 1 aliphatic rings. The fourth-order valence-corrected chi connectivity index (χ4v) is 5.10. The minimum Gasteiger partial charge on any atom is -0.508 e. The van der Waals surface area contributed by atoms with Crippen LogP contribution >= 0.6 is 0 Å². The Balaban J connectivity index is 1.87. The zero-order valence-electron chi connectivity index (χ0n) is 19.1. The lowest BCUT2D eigenvalue weighted by Crippen LogP contribution is -2.37. The van der Waals surface area contributed by atoms with Gasteiger partial charge >= 0.3 is 5.69 Å². The average molecular weight is 466 g/mol. The summed E-state index contributed by atoms with van der Waals surface area (Å²) in [5.41, 5.74) is 3.92. The molecule has 0 spiro atoms. The second kappa shape index (κ2) is 7.39. The van der Waals surface area contributed by atoms with Crippen LogP contribution in [-0.4, -0.2) is 23.9 Å². The van der Waals surface area contributed by atoms with Crippen molar-refractivity contribution in [1.29, 1.82) is 0 Å². The Morgan fingerprint density at radius 2 is 1.57 bits per heavy atom. The number of aromatic hydroxyl groups is 2. The Labute approximate surface area is 199 Å². The van der Waals surface area contributed by atoms with Crippen LogP contribution < -0.4 is 16.6 Å². The highest BCUT2D eigenvalue weighted by molar-refractivity contribution is 5.99. The fraction of sp³-hybridized carbons (Fsp3) is 0.111. The average Bonchev–Trinajstić information content (AvgIpc) is 3.23. The zero-order valence-corrected chi connectivity index (χ0v) is 19.1. The van der Waals surface area contributed by atoms with Gasteiger partial charge in [0.05, 0.1) is 39.7 Å². The number of benzene rings is 3. The predicted octanol–water partition coefficient (Wildman–Crippen LogP) is 3.62. The van der Waals surface area contributed by atoms with Gasteiger partial charge in [0.2, 0.25) is 0 Å². The number of anilines is 1. The van der Waals surface area contributed by atoms with Crippen LogP contribution in [0.3, 0.4) is 0 Å². The van der Waals surface area contributed by atoms with E-state index in [0.29, 0.717) is 27.9 Å². The molecule has 35 heavy (non-hydrogen) atoms. The molecule has 5 aromatic rings. The molecule has 2 aromatic heterocycles. The Hall–Kier alpha value is -4.72. The normalized spacial score (nSPS) is 14.4. The molecular weight excluding hydrogens is 444 g/mol. The molecule has 0 bridgehead atoms. The van der Waals surface area contributed by atoms with E-state index in [1.807, 2.05) is 59.2 Å². The number of para-hydroxylation sites is 2. The first kappa shape index (κ1) is 20.9. The highest BCUT2D eigenvalue weighted by atomic mass is 16.3. The molecule has 0 saturated carbocycles. The molecule has 0 aliphatic carbocycles. The molecule has 3 N–H and O–H groups in total. The first-order valence-corrected chi connectivity index (χ1v) is 11.2. The number of rotatable bonds is 2. The van der Waals surface area contributed by atoms with Crippen LogP contribution in [0.4, 0.5) is 5.69 Å². The van der Waals surface area contributed by atoms with E-state index in [1.54, 1.807) is 13.1 Å². The van der Waals surface area contributed by atoms with Crippen molar-refractivity contribution in [2.24, 2.45) is 14.1 Å². The summed E-state index contributed by atoms with van der Waals surface area (Å²) in [6.07, 6.45) is 0. The van der Waals surface area contributed by atoms with Gasteiger partial charge < -0.3 is 20.1 Å². The summed E-state index contributed by atoms with van der Waals surface area (Å²) in [5.74, 6) is -0.160. The van der Waals surface area contributed by atoms with Gasteiger partial charge in [-0.25, -0.2) is 4.79 Å². The lowest BCUT2D eigenvalue weighted by molar-refractivity contribution is 0.444. The maximum atomic E-state index is 13.6. The fourth-order valence-electron chi connectivity index (χ4n) is 5.10. The van der Waals surface area contributed by atoms with Gasteiger partial charge in [-0.2, -0.15) is 0 Å². The third-order valence-electron chi connectivity index (χ3n) is 6.70. The van der Waals surface area contributed by atoms with Crippen molar-refractivity contribution in [2.45, 2.75) is 6.04 Å². The highest BCUT2D eigenvalue weighted by Crippen LogP contribution is 2.47. The summed E-state index contributed by atoms with van der Waals surface area (Å²) in [7, 11) is 3.12. The van der Waals surface area contributed by atoms with Gasteiger partial charge in [-0.05, 0) is 29.8 Å². The number of hydrogen-bond acceptors (Lipinski definition) is 5. The summed E-state index contributed by atoms with van der Waals surface area (Å²) in [4.78, 5) is 26.7. The number of nitrogens with zero attached hydrogens (tertiary/aromatic N) is 3. The number of fused-ring (bicyclic) bond motifs is 5. The first-order chi connectivity index (χ1) is 16.9.